The van der Waals surface area contributed by atoms with Crippen LogP contribution in [-0.2, 0) is 11.3 Å². The van der Waals surface area contributed by atoms with E-state index in [1.165, 1.54) is 11.3 Å². The summed E-state index contributed by atoms with van der Waals surface area (Å²) in [6, 6.07) is 0. The van der Waals surface area contributed by atoms with Crippen molar-refractivity contribution < 1.29 is 9.84 Å². The third-order valence-electron chi connectivity index (χ3n) is 2.90. The summed E-state index contributed by atoms with van der Waals surface area (Å²) in [5.74, 6) is 0. The van der Waals surface area contributed by atoms with Crippen LogP contribution in [0.2, 0.25) is 5.15 Å². The molecule has 0 unspecified atom stereocenters. The average Bonchev–Trinajstić information content (AvgIpc) is 2.72. The molecule has 1 saturated heterocycles. The van der Waals surface area contributed by atoms with Crippen LogP contribution in [0.4, 0.5) is 5.13 Å². The monoisotopic (exact) mass is 276 g/mol. The van der Waals surface area contributed by atoms with Gasteiger partial charge in [0.2, 0.25) is 0 Å². The molecule has 1 aliphatic heterocycles. The van der Waals surface area contributed by atoms with Crippen molar-refractivity contribution in [2.24, 2.45) is 0 Å². The second kappa shape index (κ2) is 6.00. The zero-order valence-electron chi connectivity index (χ0n) is 9.86. The largest absolute Gasteiger partial charge is 0.391 e. The van der Waals surface area contributed by atoms with E-state index in [4.69, 9.17) is 21.4 Å². The first-order valence-electron chi connectivity index (χ1n) is 5.87. The molecule has 0 radical (unpaired) electrons. The second-order valence-corrected chi connectivity index (χ2v) is 5.43. The zero-order valence-corrected chi connectivity index (χ0v) is 11.4. The number of anilines is 1. The lowest BCUT2D eigenvalue weighted by Crippen LogP contribution is -2.36. The van der Waals surface area contributed by atoms with Gasteiger partial charge in [-0.05, 0) is 19.8 Å². The summed E-state index contributed by atoms with van der Waals surface area (Å²) in [4.78, 5) is 7.24. The number of hydrogen-bond acceptors (Lipinski definition) is 5. The smallest absolute Gasteiger partial charge is 0.187 e. The lowest BCUT2D eigenvalue weighted by Gasteiger charge is -2.31. The van der Waals surface area contributed by atoms with Crippen LogP contribution in [0.25, 0.3) is 0 Å². The van der Waals surface area contributed by atoms with Gasteiger partial charge >= 0.3 is 0 Å². The molecule has 4 nitrogen and oxygen atoms in total. The fourth-order valence-corrected chi connectivity index (χ4v) is 3.17. The predicted molar refractivity (Wildman–Crippen MR) is 69.9 cm³/mol. The van der Waals surface area contributed by atoms with E-state index in [-0.39, 0.29) is 6.61 Å². The Kier molecular flexibility index (Phi) is 4.62. The van der Waals surface area contributed by atoms with Crippen molar-refractivity contribution in [3.8, 4) is 0 Å². The lowest BCUT2D eigenvalue weighted by molar-refractivity contribution is 0.0459. The topological polar surface area (TPSA) is 45.6 Å². The van der Waals surface area contributed by atoms with Crippen LogP contribution in [0.3, 0.4) is 0 Å². The van der Waals surface area contributed by atoms with Crippen LogP contribution < -0.4 is 4.90 Å². The Labute approximate surface area is 110 Å². The van der Waals surface area contributed by atoms with Crippen molar-refractivity contribution in [1.82, 2.24) is 4.98 Å². The standard InChI is InChI=1S/C11H17ClN2O2S/c1-2-16-8-3-5-14(6-4-8)11-13-10(12)9(7-15)17-11/h8,15H,2-7H2,1H3. The number of hydrogen-bond donors (Lipinski definition) is 1. The summed E-state index contributed by atoms with van der Waals surface area (Å²) in [5, 5.41) is 10.4. The number of ether oxygens (including phenoxy) is 1. The van der Waals surface area contributed by atoms with E-state index < -0.39 is 0 Å². The minimum atomic E-state index is -0.0358. The predicted octanol–water partition coefficient (Wildman–Crippen LogP) is 2.29. The molecule has 6 heteroatoms. The summed E-state index contributed by atoms with van der Waals surface area (Å²) in [7, 11) is 0. The molecule has 2 heterocycles. The van der Waals surface area contributed by atoms with Gasteiger partial charge in [-0.2, -0.15) is 0 Å². The zero-order chi connectivity index (χ0) is 12.3. The van der Waals surface area contributed by atoms with Crippen molar-refractivity contribution >= 4 is 28.1 Å². The molecule has 0 spiro atoms. The van der Waals surface area contributed by atoms with Gasteiger partial charge in [0.15, 0.2) is 5.13 Å². The number of rotatable bonds is 4. The molecule has 0 aromatic carbocycles. The fourth-order valence-electron chi connectivity index (χ4n) is 2.00. The maximum Gasteiger partial charge on any atom is 0.187 e. The number of halogens is 1. The molecule has 96 valence electrons. The van der Waals surface area contributed by atoms with E-state index in [1.807, 2.05) is 6.92 Å². The highest BCUT2D eigenvalue weighted by molar-refractivity contribution is 7.16. The number of piperidine rings is 1. The maximum atomic E-state index is 9.09. The highest BCUT2D eigenvalue weighted by Gasteiger charge is 2.22. The number of thiazole rings is 1. The first kappa shape index (κ1) is 13.1. The Morgan fingerprint density at radius 1 is 1.53 bits per heavy atom. The average molecular weight is 277 g/mol. The van der Waals surface area contributed by atoms with E-state index in [0.717, 1.165) is 42.5 Å². The number of aromatic nitrogens is 1. The second-order valence-electron chi connectivity index (χ2n) is 4.01. The summed E-state index contributed by atoms with van der Waals surface area (Å²) in [6.45, 7) is 4.66. The molecule has 1 aliphatic rings. The SMILES string of the molecule is CCOC1CCN(c2nc(Cl)c(CO)s2)CC1. The van der Waals surface area contributed by atoms with Crippen LogP contribution >= 0.6 is 22.9 Å². The molecule has 2 rings (SSSR count). The third kappa shape index (κ3) is 3.10. The summed E-state index contributed by atoms with van der Waals surface area (Å²) in [5.41, 5.74) is 0. The molecule has 0 saturated carbocycles. The maximum absolute atomic E-state index is 9.09. The van der Waals surface area contributed by atoms with Crippen molar-refractivity contribution in [2.45, 2.75) is 32.5 Å². The highest BCUT2D eigenvalue weighted by Crippen LogP contribution is 2.31. The summed E-state index contributed by atoms with van der Waals surface area (Å²) >= 11 is 7.40. The van der Waals surface area contributed by atoms with E-state index in [2.05, 4.69) is 9.88 Å². The summed E-state index contributed by atoms with van der Waals surface area (Å²) < 4.78 is 5.61. The van der Waals surface area contributed by atoms with E-state index >= 15 is 0 Å². The quantitative estimate of drug-likeness (QED) is 0.917. The Morgan fingerprint density at radius 2 is 2.24 bits per heavy atom. The van der Waals surface area contributed by atoms with Gasteiger partial charge in [0, 0.05) is 19.7 Å². The third-order valence-corrected chi connectivity index (χ3v) is 4.42. The van der Waals surface area contributed by atoms with Gasteiger partial charge in [-0.25, -0.2) is 4.98 Å². The molecule has 17 heavy (non-hydrogen) atoms. The number of nitrogens with zero attached hydrogens (tertiary/aromatic N) is 2. The Bertz CT molecular complexity index is 364. The van der Waals surface area contributed by atoms with Crippen molar-refractivity contribution in [2.75, 3.05) is 24.6 Å². The van der Waals surface area contributed by atoms with Crippen LogP contribution in [0, 0.1) is 0 Å². The van der Waals surface area contributed by atoms with Crippen LogP contribution in [0.15, 0.2) is 0 Å². The molecule has 0 bridgehead atoms. The van der Waals surface area contributed by atoms with Gasteiger partial charge in [0.1, 0.15) is 5.15 Å². The van der Waals surface area contributed by atoms with Gasteiger partial charge in [-0.1, -0.05) is 22.9 Å². The highest BCUT2D eigenvalue weighted by atomic mass is 35.5. The van der Waals surface area contributed by atoms with Gasteiger partial charge in [0.05, 0.1) is 17.6 Å². The van der Waals surface area contributed by atoms with Gasteiger partial charge in [0.25, 0.3) is 0 Å². The molecular formula is C11H17ClN2O2S. The first-order chi connectivity index (χ1) is 8.24. The Hall–Kier alpha value is -0.360. The molecule has 0 aliphatic carbocycles. The molecule has 1 fully saturated rings. The molecule has 0 atom stereocenters. The fraction of sp³-hybridized carbons (Fsp3) is 0.727. The van der Waals surface area contributed by atoms with E-state index in [1.54, 1.807) is 0 Å². The number of aliphatic hydroxyl groups is 1. The minimum absolute atomic E-state index is 0.0358. The van der Waals surface area contributed by atoms with Gasteiger partial charge in [-0.15, -0.1) is 0 Å². The lowest BCUT2D eigenvalue weighted by atomic mass is 10.1. The first-order valence-corrected chi connectivity index (χ1v) is 7.06. The van der Waals surface area contributed by atoms with Crippen LogP contribution in [-0.4, -0.2) is 35.9 Å². The molecule has 1 aromatic rings. The minimum Gasteiger partial charge on any atom is -0.391 e. The molecule has 1 aromatic heterocycles. The van der Waals surface area contributed by atoms with Crippen molar-refractivity contribution in [3.63, 3.8) is 0 Å². The molecule has 0 amide bonds. The molecular weight excluding hydrogens is 260 g/mol. The van der Waals surface area contributed by atoms with Crippen LogP contribution in [0.5, 0.6) is 0 Å². The summed E-state index contributed by atoms with van der Waals surface area (Å²) in [6.07, 6.45) is 2.43. The van der Waals surface area contributed by atoms with E-state index in [9.17, 15) is 0 Å². The van der Waals surface area contributed by atoms with Crippen molar-refractivity contribution in [3.05, 3.63) is 10.0 Å². The normalized spacial score (nSPS) is 17.7. The molecule has 1 N–H and O–H groups in total. The van der Waals surface area contributed by atoms with Gasteiger partial charge in [-0.3, -0.25) is 0 Å². The van der Waals surface area contributed by atoms with Gasteiger partial charge < -0.3 is 14.7 Å². The van der Waals surface area contributed by atoms with Crippen molar-refractivity contribution in [1.29, 1.82) is 0 Å². The number of aliphatic hydroxyl groups excluding tert-OH is 1. The Balaban J connectivity index is 1.95. The van der Waals surface area contributed by atoms with E-state index in [0.29, 0.717) is 11.3 Å². The Morgan fingerprint density at radius 3 is 2.76 bits per heavy atom. The van der Waals surface area contributed by atoms with Crippen LogP contribution in [0.1, 0.15) is 24.6 Å².